The molecule has 1 unspecified atom stereocenters. The van der Waals surface area contributed by atoms with Crippen LogP contribution in [0.25, 0.3) is 11.0 Å². The highest BCUT2D eigenvalue weighted by molar-refractivity contribution is 5.90. The van der Waals surface area contributed by atoms with E-state index in [1.165, 1.54) is 25.3 Å². The van der Waals surface area contributed by atoms with E-state index in [1.807, 2.05) is 31.2 Å². The molecule has 3 rings (SSSR count). The Labute approximate surface area is 171 Å². The van der Waals surface area contributed by atoms with E-state index in [0.717, 1.165) is 16.5 Å². The number of alkyl halides is 3. The van der Waals surface area contributed by atoms with E-state index in [9.17, 15) is 18.0 Å². The summed E-state index contributed by atoms with van der Waals surface area (Å²) in [7, 11) is 1.31. The third kappa shape index (κ3) is 4.97. The molecule has 2 N–H and O–H groups in total. The zero-order valence-electron chi connectivity index (χ0n) is 16.6. The third-order valence-corrected chi connectivity index (χ3v) is 4.43. The number of hydrogen-bond acceptors (Lipinski definition) is 4. The third-order valence-electron chi connectivity index (χ3n) is 4.43. The number of carbonyl (C=O) groups is 1. The molecule has 0 radical (unpaired) electrons. The average molecular weight is 422 g/mol. The monoisotopic (exact) mass is 422 g/mol. The van der Waals surface area contributed by atoms with Crippen molar-refractivity contribution in [2.45, 2.75) is 26.1 Å². The highest BCUT2D eigenvalue weighted by Crippen LogP contribution is 2.32. The van der Waals surface area contributed by atoms with Gasteiger partial charge in [-0.25, -0.2) is 4.79 Å². The molecule has 0 bridgehead atoms. The van der Waals surface area contributed by atoms with E-state index in [-0.39, 0.29) is 17.2 Å². The predicted octanol–water partition coefficient (Wildman–Crippen LogP) is 5.57. The highest BCUT2D eigenvalue weighted by Gasteiger charge is 2.29. The standard InChI is InChI=1S/C21H21F3N2O4/c1-12-15-6-4-5-7-16(15)30-19(12)13(2)25-20(27)26-14-8-9-17(28-3)18(10-14)29-11-21(22,23)24/h4-10,13H,11H2,1-3H3,(H2,25,26,27). The molecule has 9 heteroatoms. The van der Waals surface area contributed by atoms with Crippen molar-refractivity contribution in [1.29, 1.82) is 0 Å². The van der Waals surface area contributed by atoms with Crippen molar-refractivity contribution in [3.05, 3.63) is 53.8 Å². The Bertz CT molecular complexity index is 1050. The number of fused-ring (bicyclic) bond motifs is 1. The molecule has 0 fully saturated rings. The summed E-state index contributed by atoms with van der Waals surface area (Å²) in [4.78, 5) is 12.4. The van der Waals surface area contributed by atoms with Gasteiger partial charge < -0.3 is 24.5 Å². The number of hydrogen-bond donors (Lipinski definition) is 2. The van der Waals surface area contributed by atoms with Gasteiger partial charge in [-0.1, -0.05) is 18.2 Å². The molecule has 3 aromatic rings. The molecule has 0 aliphatic carbocycles. The lowest BCUT2D eigenvalue weighted by Gasteiger charge is -2.16. The molecular weight excluding hydrogens is 401 g/mol. The maximum absolute atomic E-state index is 12.4. The first-order valence-corrected chi connectivity index (χ1v) is 9.11. The molecule has 0 aliphatic rings. The Morgan fingerprint density at radius 2 is 1.90 bits per heavy atom. The van der Waals surface area contributed by atoms with Crippen LogP contribution in [-0.2, 0) is 0 Å². The average Bonchev–Trinajstić information content (AvgIpc) is 3.03. The lowest BCUT2D eigenvalue weighted by molar-refractivity contribution is -0.153. The van der Waals surface area contributed by atoms with Crippen LogP contribution in [0.5, 0.6) is 11.5 Å². The van der Waals surface area contributed by atoms with Crippen molar-refractivity contribution >= 4 is 22.7 Å². The van der Waals surface area contributed by atoms with Crippen molar-refractivity contribution in [1.82, 2.24) is 5.32 Å². The van der Waals surface area contributed by atoms with E-state index >= 15 is 0 Å². The second kappa shape index (κ2) is 8.56. The predicted molar refractivity (Wildman–Crippen MR) is 106 cm³/mol. The van der Waals surface area contributed by atoms with Crippen LogP contribution in [0.1, 0.15) is 24.3 Å². The smallest absolute Gasteiger partial charge is 0.422 e. The van der Waals surface area contributed by atoms with Crippen LogP contribution in [0.4, 0.5) is 23.7 Å². The van der Waals surface area contributed by atoms with Crippen LogP contribution in [0.3, 0.4) is 0 Å². The molecule has 1 atom stereocenters. The van der Waals surface area contributed by atoms with Crippen LogP contribution < -0.4 is 20.1 Å². The minimum absolute atomic E-state index is 0.122. The van der Waals surface area contributed by atoms with Gasteiger partial charge in [0, 0.05) is 22.7 Å². The lowest BCUT2D eigenvalue weighted by Crippen LogP contribution is -2.31. The van der Waals surface area contributed by atoms with E-state index in [2.05, 4.69) is 10.6 Å². The molecule has 0 saturated heterocycles. The Balaban J connectivity index is 1.69. The summed E-state index contributed by atoms with van der Waals surface area (Å²) in [5.74, 6) is 0.612. The molecule has 1 aromatic heterocycles. The molecular formula is C21H21F3N2O4. The summed E-state index contributed by atoms with van der Waals surface area (Å²) in [6.45, 7) is 2.21. The van der Waals surface area contributed by atoms with Crippen LogP contribution in [0, 0.1) is 6.92 Å². The molecule has 0 aliphatic heterocycles. The Morgan fingerprint density at radius 1 is 1.17 bits per heavy atom. The minimum Gasteiger partial charge on any atom is -0.493 e. The zero-order valence-corrected chi connectivity index (χ0v) is 16.6. The van der Waals surface area contributed by atoms with Gasteiger partial charge in [-0.05, 0) is 32.0 Å². The molecule has 0 spiro atoms. The number of nitrogens with one attached hydrogen (secondary N) is 2. The Kier molecular flexibility index (Phi) is 6.09. The first-order chi connectivity index (χ1) is 14.2. The molecule has 6 nitrogen and oxygen atoms in total. The van der Waals surface area contributed by atoms with Crippen molar-refractivity contribution in [3.63, 3.8) is 0 Å². The van der Waals surface area contributed by atoms with E-state index in [1.54, 1.807) is 6.92 Å². The highest BCUT2D eigenvalue weighted by atomic mass is 19.4. The Hall–Kier alpha value is -3.36. The first kappa shape index (κ1) is 21.4. The first-order valence-electron chi connectivity index (χ1n) is 9.11. The van der Waals surface area contributed by atoms with Gasteiger partial charge in [-0.15, -0.1) is 0 Å². The fourth-order valence-corrected chi connectivity index (χ4v) is 3.06. The molecule has 0 saturated carbocycles. The van der Waals surface area contributed by atoms with Gasteiger partial charge >= 0.3 is 12.2 Å². The van der Waals surface area contributed by atoms with E-state index in [0.29, 0.717) is 5.76 Å². The molecule has 30 heavy (non-hydrogen) atoms. The van der Waals surface area contributed by atoms with Crippen molar-refractivity contribution in [2.24, 2.45) is 0 Å². The summed E-state index contributed by atoms with van der Waals surface area (Å²) in [5, 5.41) is 6.29. The SMILES string of the molecule is COc1ccc(NC(=O)NC(C)c2oc3ccccc3c2C)cc1OCC(F)(F)F. The number of para-hydroxylation sites is 1. The maximum atomic E-state index is 12.4. The number of amides is 2. The molecule has 2 amide bonds. The van der Waals surface area contributed by atoms with Gasteiger partial charge in [0.05, 0.1) is 13.2 Å². The summed E-state index contributed by atoms with van der Waals surface area (Å²) >= 11 is 0. The van der Waals surface area contributed by atoms with Gasteiger partial charge in [0.1, 0.15) is 11.3 Å². The van der Waals surface area contributed by atoms with Gasteiger partial charge in [-0.2, -0.15) is 13.2 Å². The number of ether oxygens (including phenoxy) is 2. The summed E-state index contributed by atoms with van der Waals surface area (Å²) in [6.07, 6.45) is -4.49. The van der Waals surface area contributed by atoms with E-state index < -0.39 is 24.9 Å². The van der Waals surface area contributed by atoms with Gasteiger partial charge in [0.15, 0.2) is 18.1 Å². The van der Waals surface area contributed by atoms with Crippen LogP contribution in [0.15, 0.2) is 46.9 Å². The largest absolute Gasteiger partial charge is 0.493 e. The number of benzene rings is 2. The summed E-state index contributed by atoms with van der Waals surface area (Å²) < 4.78 is 53.0. The number of methoxy groups -OCH3 is 1. The Morgan fingerprint density at radius 3 is 2.57 bits per heavy atom. The topological polar surface area (TPSA) is 72.7 Å². The molecule has 2 aromatic carbocycles. The summed E-state index contributed by atoms with van der Waals surface area (Å²) in [5.41, 5.74) is 1.89. The fourth-order valence-electron chi connectivity index (χ4n) is 3.06. The normalized spacial score (nSPS) is 12.5. The van der Waals surface area contributed by atoms with Crippen LogP contribution in [-0.4, -0.2) is 25.9 Å². The maximum Gasteiger partial charge on any atom is 0.422 e. The van der Waals surface area contributed by atoms with Gasteiger partial charge in [0.25, 0.3) is 0 Å². The molecule has 160 valence electrons. The van der Waals surface area contributed by atoms with Crippen molar-refractivity contribution in [2.75, 3.05) is 19.0 Å². The van der Waals surface area contributed by atoms with Gasteiger partial charge in [0.2, 0.25) is 0 Å². The van der Waals surface area contributed by atoms with Crippen LogP contribution in [0.2, 0.25) is 0 Å². The van der Waals surface area contributed by atoms with Gasteiger partial charge in [-0.3, -0.25) is 0 Å². The quantitative estimate of drug-likeness (QED) is 0.545. The minimum atomic E-state index is -4.49. The number of urea groups is 1. The second-order valence-electron chi connectivity index (χ2n) is 6.68. The second-order valence-corrected chi connectivity index (χ2v) is 6.68. The number of halogens is 3. The number of furan rings is 1. The number of aryl methyl sites for hydroxylation is 1. The van der Waals surface area contributed by atoms with Crippen molar-refractivity contribution < 1.29 is 31.9 Å². The number of rotatable bonds is 6. The van der Waals surface area contributed by atoms with Crippen molar-refractivity contribution in [3.8, 4) is 11.5 Å². The summed E-state index contributed by atoms with van der Waals surface area (Å²) in [6, 6.07) is 10.7. The fraction of sp³-hybridized carbons (Fsp3) is 0.286. The number of anilines is 1. The number of carbonyl (C=O) groups excluding carboxylic acids is 1. The van der Waals surface area contributed by atoms with Crippen LogP contribution >= 0.6 is 0 Å². The van der Waals surface area contributed by atoms with E-state index in [4.69, 9.17) is 13.9 Å². The molecule has 1 heterocycles. The zero-order chi connectivity index (χ0) is 21.9. The lowest BCUT2D eigenvalue weighted by atomic mass is 10.1.